The van der Waals surface area contributed by atoms with Gasteiger partial charge in [0.1, 0.15) is 0 Å². The first-order valence-corrected chi connectivity index (χ1v) is 7.33. The first-order chi connectivity index (χ1) is 10.7. The zero-order valence-corrected chi connectivity index (χ0v) is 12.4. The number of benzene rings is 2. The van der Waals surface area contributed by atoms with Crippen molar-refractivity contribution in [3.63, 3.8) is 0 Å². The molecule has 2 aromatic carbocycles. The Morgan fingerprint density at radius 1 is 1.00 bits per heavy atom. The van der Waals surface area contributed by atoms with Crippen molar-refractivity contribution in [1.82, 2.24) is 9.78 Å². The highest BCUT2D eigenvalue weighted by molar-refractivity contribution is 6.31. The Hall–Kier alpha value is -2.59. The topological polar surface area (TPSA) is 38.1 Å². The largest absolute Gasteiger partial charge is 0.278 e. The molecule has 4 rings (SSSR count). The van der Waals surface area contributed by atoms with E-state index in [-0.39, 0.29) is 5.91 Å². The Bertz CT molecular complexity index is 857. The molecule has 0 N–H and O–H groups in total. The van der Waals surface area contributed by atoms with E-state index in [0.717, 1.165) is 22.8 Å². The van der Waals surface area contributed by atoms with Gasteiger partial charge in [-0.15, -0.1) is 0 Å². The number of nitrogens with zero attached hydrogens (tertiary/aromatic N) is 3. The van der Waals surface area contributed by atoms with Crippen molar-refractivity contribution in [1.29, 1.82) is 0 Å². The fourth-order valence-electron chi connectivity index (χ4n) is 2.76. The first kappa shape index (κ1) is 13.1. The van der Waals surface area contributed by atoms with E-state index in [1.807, 2.05) is 48.5 Å². The number of rotatable bonds is 1. The van der Waals surface area contributed by atoms with Crippen molar-refractivity contribution >= 4 is 28.9 Å². The summed E-state index contributed by atoms with van der Waals surface area (Å²) in [7, 11) is 0. The Morgan fingerprint density at radius 3 is 2.64 bits per heavy atom. The molecule has 0 unspecified atom stereocenters. The summed E-state index contributed by atoms with van der Waals surface area (Å²) in [5.74, 6) is -0.00559. The van der Waals surface area contributed by atoms with Crippen LogP contribution in [0.25, 0.3) is 5.69 Å². The van der Waals surface area contributed by atoms with Crippen molar-refractivity contribution < 1.29 is 4.79 Å². The van der Waals surface area contributed by atoms with Crippen molar-refractivity contribution in [2.75, 3.05) is 4.90 Å². The van der Waals surface area contributed by atoms with Gasteiger partial charge in [-0.05, 0) is 36.4 Å². The van der Waals surface area contributed by atoms with Gasteiger partial charge in [-0.1, -0.05) is 29.8 Å². The van der Waals surface area contributed by atoms with E-state index in [9.17, 15) is 4.79 Å². The van der Waals surface area contributed by atoms with E-state index >= 15 is 0 Å². The van der Waals surface area contributed by atoms with Crippen LogP contribution in [0, 0.1) is 0 Å². The van der Waals surface area contributed by atoms with E-state index in [1.54, 1.807) is 21.8 Å². The average Bonchev–Trinajstić information content (AvgIpc) is 2.93. The van der Waals surface area contributed by atoms with E-state index in [0.29, 0.717) is 11.4 Å². The minimum Gasteiger partial charge on any atom is -0.278 e. The standard InChI is InChI=1S/C17H12ClN3O/c18-12-6-7-15-16(10-12)20(13-4-2-1-3-5-13)17(22)11-14-8-9-19-21(14)15/h1-10H,11H2. The van der Waals surface area contributed by atoms with Gasteiger partial charge in [-0.3, -0.25) is 9.69 Å². The summed E-state index contributed by atoms with van der Waals surface area (Å²) in [6, 6.07) is 17.0. The predicted octanol–water partition coefficient (Wildman–Crippen LogP) is 3.75. The number of carbonyl (C=O) groups excluding carboxylic acids is 1. The van der Waals surface area contributed by atoms with Gasteiger partial charge in [-0.2, -0.15) is 5.10 Å². The monoisotopic (exact) mass is 309 g/mol. The van der Waals surface area contributed by atoms with Gasteiger partial charge in [0.25, 0.3) is 0 Å². The normalized spacial score (nSPS) is 13.5. The van der Waals surface area contributed by atoms with Gasteiger partial charge in [0.05, 0.1) is 23.5 Å². The van der Waals surface area contributed by atoms with Crippen LogP contribution in [0.4, 0.5) is 11.4 Å². The lowest BCUT2D eigenvalue weighted by atomic mass is 10.2. The summed E-state index contributed by atoms with van der Waals surface area (Å²) in [6.07, 6.45) is 2.00. The molecule has 3 aromatic rings. The van der Waals surface area contributed by atoms with Crippen molar-refractivity contribution in [3.05, 3.63) is 71.5 Å². The maximum Gasteiger partial charge on any atom is 0.237 e. The highest BCUT2D eigenvalue weighted by Crippen LogP contribution is 2.36. The summed E-state index contributed by atoms with van der Waals surface area (Å²) in [4.78, 5) is 14.5. The van der Waals surface area contributed by atoms with E-state index < -0.39 is 0 Å². The molecule has 0 atom stereocenters. The van der Waals surface area contributed by atoms with E-state index in [4.69, 9.17) is 11.6 Å². The number of carbonyl (C=O) groups is 1. The molecule has 0 saturated carbocycles. The Labute approximate surface area is 132 Å². The maximum atomic E-state index is 12.8. The molecule has 1 amide bonds. The van der Waals surface area contributed by atoms with Crippen LogP contribution in [-0.2, 0) is 11.2 Å². The number of anilines is 2. The molecule has 22 heavy (non-hydrogen) atoms. The molecule has 1 aliphatic rings. The zero-order valence-electron chi connectivity index (χ0n) is 11.6. The number of hydrogen-bond acceptors (Lipinski definition) is 2. The van der Waals surface area contributed by atoms with Gasteiger partial charge in [0, 0.05) is 16.9 Å². The van der Waals surface area contributed by atoms with Crippen LogP contribution in [-0.4, -0.2) is 15.7 Å². The lowest BCUT2D eigenvalue weighted by Crippen LogP contribution is -2.26. The molecule has 108 valence electrons. The molecule has 1 aromatic heterocycles. The Balaban J connectivity index is 2.00. The molecule has 4 nitrogen and oxygen atoms in total. The second-order valence-corrected chi connectivity index (χ2v) is 5.55. The lowest BCUT2D eigenvalue weighted by molar-refractivity contribution is -0.117. The molecule has 0 radical (unpaired) electrons. The van der Waals surface area contributed by atoms with Crippen LogP contribution in [0.5, 0.6) is 0 Å². The third-order valence-corrected chi connectivity index (χ3v) is 3.96. The minimum atomic E-state index is -0.00559. The second-order valence-electron chi connectivity index (χ2n) is 5.11. The SMILES string of the molecule is O=C1Cc2ccnn2-c2ccc(Cl)cc2N1c1ccccc1. The Morgan fingerprint density at radius 2 is 1.82 bits per heavy atom. The summed E-state index contributed by atoms with van der Waals surface area (Å²) < 4.78 is 1.80. The number of hydrogen-bond donors (Lipinski definition) is 0. The number of amides is 1. The van der Waals surface area contributed by atoms with Gasteiger partial charge < -0.3 is 0 Å². The molecule has 0 fully saturated rings. The molecule has 2 heterocycles. The van der Waals surface area contributed by atoms with Crippen LogP contribution in [0.15, 0.2) is 60.8 Å². The Kier molecular flexibility index (Phi) is 2.98. The third kappa shape index (κ3) is 2.00. The van der Waals surface area contributed by atoms with Crippen LogP contribution < -0.4 is 4.90 Å². The molecule has 0 spiro atoms. The van der Waals surface area contributed by atoms with E-state index in [2.05, 4.69) is 5.10 Å². The molecular weight excluding hydrogens is 298 g/mol. The number of halogens is 1. The molecule has 1 aliphatic heterocycles. The summed E-state index contributed by atoms with van der Waals surface area (Å²) in [6.45, 7) is 0. The van der Waals surface area contributed by atoms with Crippen molar-refractivity contribution in [3.8, 4) is 5.69 Å². The molecule has 0 aliphatic carbocycles. The van der Waals surface area contributed by atoms with Crippen LogP contribution in [0.3, 0.4) is 0 Å². The molecule has 0 bridgehead atoms. The summed E-state index contributed by atoms with van der Waals surface area (Å²) in [5.41, 5.74) is 3.28. The number of aromatic nitrogens is 2. The highest BCUT2D eigenvalue weighted by Gasteiger charge is 2.27. The number of fused-ring (bicyclic) bond motifs is 3. The van der Waals surface area contributed by atoms with Gasteiger partial charge >= 0.3 is 0 Å². The van der Waals surface area contributed by atoms with Crippen molar-refractivity contribution in [2.45, 2.75) is 6.42 Å². The summed E-state index contributed by atoms with van der Waals surface area (Å²) in [5, 5.41) is 4.93. The zero-order chi connectivity index (χ0) is 15.1. The van der Waals surface area contributed by atoms with Crippen molar-refractivity contribution in [2.24, 2.45) is 0 Å². The smallest absolute Gasteiger partial charge is 0.237 e. The predicted molar refractivity (Wildman–Crippen MR) is 85.9 cm³/mol. The summed E-state index contributed by atoms with van der Waals surface area (Å²) >= 11 is 6.16. The van der Waals surface area contributed by atoms with Crippen LogP contribution in [0.1, 0.15) is 5.69 Å². The maximum absolute atomic E-state index is 12.8. The molecule has 5 heteroatoms. The number of para-hydroxylation sites is 1. The third-order valence-electron chi connectivity index (χ3n) is 3.72. The first-order valence-electron chi connectivity index (χ1n) is 6.95. The average molecular weight is 310 g/mol. The quantitative estimate of drug-likeness (QED) is 0.686. The fourth-order valence-corrected chi connectivity index (χ4v) is 2.93. The van der Waals surface area contributed by atoms with Gasteiger partial charge in [-0.25, -0.2) is 4.68 Å². The molecule has 0 saturated heterocycles. The minimum absolute atomic E-state index is 0.00559. The fraction of sp³-hybridized carbons (Fsp3) is 0.0588. The second kappa shape index (κ2) is 5.00. The lowest BCUT2D eigenvalue weighted by Gasteiger charge is -2.23. The van der Waals surface area contributed by atoms with Crippen LogP contribution >= 0.6 is 11.6 Å². The van der Waals surface area contributed by atoms with Gasteiger partial charge in [0.2, 0.25) is 5.91 Å². The molecular formula is C17H12ClN3O. The van der Waals surface area contributed by atoms with Gasteiger partial charge in [0.15, 0.2) is 0 Å². The van der Waals surface area contributed by atoms with E-state index in [1.165, 1.54) is 0 Å². The van der Waals surface area contributed by atoms with Crippen LogP contribution in [0.2, 0.25) is 5.02 Å². The highest BCUT2D eigenvalue weighted by atomic mass is 35.5.